The van der Waals surface area contributed by atoms with Gasteiger partial charge in [0.25, 0.3) is 0 Å². The monoisotopic (exact) mass is 202 g/mol. The van der Waals surface area contributed by atoms with Crippen LogP contribution < -0.4 is 5.73 Å². The van der Waals surface area contributed by atoms with Gasteiger partial charge in [0.2, 0.25) is 0 Å². The maximum atomic E-state index is 9.33. The molecule has 1 aliphatic rings. The number of ether oxygens (including phenoxy) is 1. The van der Waals surface area contributed by atoms with Gasteiger partial charge in [-0.2, -0.15) is 0 Å². The molecule has 0 aromatic heterocycles. The van der Waals surface area contributed by atoms with E-state index in [0.29, 0.717) is 18.7 Å². The molecule has 0 spiro atoms. The number of aliphatic hydroxyl groups is 1. The summed E-state index contributed by atoms with van der Waals surface area (Å²) in [7, 11) is 1.75. The molecular weight excluding hydrogens is 180 g/mol. The Kier molecular flexibility index (Phi) is 4.81. The van der Waals surface area contributed by atoms with Crippen LogP contribution in [0.5, 0.6) is 0 Å². The first kappa shape index (κ1) is 11.9. The van der Waals surface area contributed by atoms with Crippen LogP contribution in [0.1, 0.15) is 19.8 Å². The second-order valence-electron chi connectivity index (χ2n) is 4.12. The normalized spacial score (nSPS) is 31.7. The Bertz CT molecular complexity index is 164. The van der Waals surface area contributed by atoms with Crippen molar-refractivity contribution in [1.29, 1.82) is 0 Å². The molecule has 84 valence electrons. The molecule has 4 nitrogen and oxygen atoms in total. The van der Waals surface area contributed by atoms with Crippen molar-refractivity contribution in [1.82, 2.24) is 4.90 Å². The predicted octanol–water partition coefficient (Wildman–Crippen LogP) is -0.195. The van der Waals surface area contributed by atoms with Crippen molar-refractivity contribution < 1.29 is 9.84 Å². The number of methoxy groups -OCH3 is 1. The fourth-order valence-electron chi connectivity index (χ4n) is 2.10. The van der Waals surface area contributed by atoms with Crippen molar-refractivity contribution in [3.63, 3.8) is 0 Å². The highest BCUT2D eigenvalue weighted by molar-refractivity contribution is 4.83. The molecular formula is C10H22N2O2. The number of rotatable bonds is 4. The maximum absolute atomic E-state index is 9.33. The minimum absolute atomic E-state index is 0.275. The standard InChI is InChI=1S/C10H22N2O2/c1-8(13)7-12-4-3-10(14-2)5-9(12)6-11/h8-10,13H,3-7,11H2,1-2H3. The molecule has 0 bridgehead atoms. The van der Waals surface area contributed by atoms with E-state index in [4.69, 9.17) is 10.5 Å². The Morgan fingerprint density at radius 2 is 2.36 bits per heavy atom. The van der Waals surface area contributed by atoms with Crippen molar-refractivity contribution >= 4 is 0 Å². The topological polar surface area (TPSA) is 58.7 Å². The third-order valence-electron chi connectivity index (χ3n) is 2.89. The van der Waals surface area contributed by atoms with Crippen LogP contribution in [-0.2, 0) is 4.74 Å². The van der Waals surface area contributed by atoms with Gasteiger partial charge in [-0.3, -0.25) is 4.90 Å². The Balaban J connectivity index is 2.43. The van der Waals surface area contributed by atoms with Crippen LogP contribution in [0.15, 0.2) is 0 Å². The van der Waals surface area contributed by atoms with E-state index in [1.54, 1.807) is 7.11 Å². The van der Waals surface area contributed by atoms with Crippen LogP contribution in [0.25, 0.3) is 0 Å². The number of aliphatic hydroxyl groups excluding tert-OH is 1. The van der Waals surface area contributed by atoms with Crippen molar-refractivity contribution in [3.05, 3.63) is 0 Å². The molecule has 0 aromatic rings. The Hall–Kier alpha value is -0.160. The second kappa shape index (κ2) is 5.66. The third-order valence-corrected chi connectivity index (χ3v) is 2.89. The lowest BCUT2D eigenvalue weighted by Crippen LogP contribution is -2.50. The zero-order chi connectivity index (χ0) is 10.6. The van der Waals surface area contributed by atoms with Gasteiger partial charge in [0.05, 0.1) is 12.2 Å². The van der Waals surface area contributed by atoms with Gasteiger partial charge in [0, 0.05) is 32.8 Å². The lowest BCUT2D eigenvalue weighted by atomic mass is 9.99. The number of nitrogens with two attached hydrogens (primary N) is 1. The van der Waals surface area contributed by atoms with E-state index in [9.17, 15) is 5.11 Å². The van der Waals surface area contributed by atoms with Gasteiger partial charge in [0.1, 0.15) is 0 Å². The maximum Gasteiger partial charge on any atom is 0.0639 e. The summed E-state index contributed by atoms with van der Waals surface area (Å²) >= 11 is 0. The van der Waals surface area contributed by atoms with E-state index < -0.39 is 0 Å². The second-order valence-corrected chi connectivity index (χ2v) is 4.12. The number of piperidine rings is 1. The first-order valence-electron chi connectivity index (χ1n) is 5.32. The van der Waals surface area contributed by atoms with E-state index in [-0.39, 0.29) is 6.10 Å². The Labute approximate surface area is 86.0 Å². The quantitative estimate of drug-likeness (QED) is 0.663. The summed E-state index contributed by atoms with van der Waals surface area (Å²) in [6.07, 6.45) is 2.09. The molecule has 1 fully saturated rings. The molecule has 14 heavy (non-hydrogen) atoms. The average Bonchev–Trinajstić information content (AvgIpc) is 2.17. The summed E-state index contributed by atoms with van der Waals surface area (Å²) < 4.78 is 5.33. The molecule has 1 heterocycles. The molecule has 4 heteroatoms. The van der Waals surface area contributed by atoms with Crippen molar-refractivity contribution in [2.75, 3.05) is 26.7 Å². The number of β-amino-alcohol motifs (C(OH)–C–C–N with tert-alkyl or cyclic N) is 1. The molecule has 0 aromatic carbocycles. The highest BCUT2D eigenvalue weighted by Gasteiger charge is 2.27. The molecule has 3 N–H and O–H groups in total. The van der Waals surface area contributed by atoms with Gasteiger partial charge in [-0.05, 0) is 19.8 Å². The minimum Gasteiger partial charge on any atom is -0.392 e. The van der Waals surface area contributed by atoms with E-state index >= 15 is 0 Å². The zero-order valence-electron chi connectivity index (χ0n) is 9.15. The van der Waals surface area contributed by atoms with E-state index in [0.717, 1.165) is 25.9 Å². The molecule has 1 aliphatic heterocycles. The summed E-state index contributed by atoms with van der Waals surface area (Å²) in [6, 6.07) is 0.364. The molecule has 3 unspecified atom stereocenters. The summed E-state index contributed by atoms with van der Waals surface area (Å²) in [4.78, 5) is 2.26. The smallest absolute Gasteiger partial charge is 0.0639 e. The van der Waals surface area contributed by atoms with E-state index in [2.05, 4.69) is 4.90 Å². The zero-order valence-corrected chi connectivity index (χ0v) is 9.15. The molecule has 0 saturated carbocycles. The van der Waals surface area contributed by atoms with Gasteiger partial charge in [-0.25, -0.2) is 0 Å². The number of hydrogen-bond acceptors (Lipinski definition) is 4. The highest BCUT2D eigenvalue weighted by atomic mass is 16.5. The SMILES string of the molecule is COC1CCN(CC(C)O)C(CN)C1. The highest BCUT2D eigenvalue weighted by Crippen LogP contribution is 2.19. The lowest BCUT2D eigenvalue weighted by Gasteiger charge is -2.38. The van der Waals surface area contributed by atoms with Gasteiger partial charge in [0.15, 0.2) is 0 Å². The number of likely N-dealkylation sites (tertiary alicyclic amines) is 1. The largest absolute Gasteiger partial charge is 0.392 e. The first-order valence-corrected chi connectivity index (χ1v) is 5.32. The molecule has 1 saturated heterocycles. The van der Waals surface area contributed by atoms with Gasteiger partial charge in [-0.1, -0.05) is 0 Å². The molecule has 1 rings (SSSR count). The van der Waals surface area contributed by atoms with Crippen molar-refractivity contribution in [2.24, 2.45) is 5.73 Å². The van der Waals surface area contributed by atoms with Crippen LogP contribution in [0.4, 0.5) is 0 Å². The van der Waals surface area contributed by atoms with Crippen molar-refractivity contribution in [2.45, 2.75) is 38.0 Å². The van der Waals surface area contributed by atoms with Crippen LogP contribution in [0.3, 0.4) is 0 Å². The summed E-state index contributed by atoms with van der Waals surface area (Å²) in [5.74, 6) is 0. The van der Waals surface area contributed by atoms with Crippen LogP contribution in [0.2, 0.25) is 0 Å². The van der Waals surface area contributed by atoms with Gasteiger partial charge >= 0.3 is 0 Å². The number of nitrogens with zero attached hydrogens (tertiary/aromatic N) is 1. The van der Waals surface area contributed by atoms with Crippen LogP contribution in [-0.4, -0.2) is 55.0 Å². The van der Waals surface area contributed by atoms with Crippen molar-refractivity contribution in [3.8, 4) is 0 Å². The summed E-state index contributed by atoms with van der Waals surface area (Å²) in [6.45, 7) is 4.16. The summed E-state index contributed by atoms with van der Waals surface area (Å²) in [5.41, 5.74) is 5.71. The number of hydrogen-bond donors (Lipinski definition) is 2. The van der Waals surface area contributed by atoms with Crippen LogP contribution >= 0.6 is 0 Å². The predicted molar refractivity (Wildman–Crippen MR) is 56.1 cm³/mol. The van der Waals surface area contributed by atoms with E-state index in [1.165, 1.54) is 0 Å². The lowest BCUT2D eigenvalue weighted by molar-refractivity contribution is -0.00154. The Morgan fingerprint density at radius 3 is 2.86 bits per heavy atom. The first-order chi connectivity index (χ1) is 6.67. The molecule has 3 atom stereocenters. The minimum atomic E-state index is -0.275. The molecule has 0 aliphatic carbocycles. The average molecular weight is 202 g/mol. The third kappa shape index (κ3) is 3.20. The molecule has 0 radical (unpaired) electrons. The van der Waals surface area contributed by atoms with E-state index in [1.807, 2.05) is 6.92 Å². The molecule has 0 amide bonds. The fraction of sp³-hybridized carbons (Fsp3) is 1.00. The van der Waals surface area contributed by atoms with Gasteiger partial charge < -0.3 is 15.6 Å². The van der Waals surface area contributed by atoms with Crippen LogP contribution in [0, 0.1) is 0 Å². The summed E-state index contributed by atoms with van der Waals surface area (Å²) in [5, 5.41) is 9.33. The van der Waals surface area contributed by atoms with Gasteiger partial charge in [-0.15, -0.1) is 0 Å². The Morgan fingerprint density at radius 1 is 1.64 bits per heavy atom. The fourth-order valence-corrected chi connectivity index (χ4v) is 2.10.